The molecule has 2 aromatic rings. The summed E-state index contributed by atoms with van der Waals surface area (Å²) in [7, 11) is 0. The van der Waals surface area contributed by atoms with Gasteiger partial charge >= 0.3 is 0 Å². The Bertz CT molecular complexity index is 579. The summed E-state index contributed by atoms with van der Waals surface area (Å²) in [6.45, 7) is 4.52. The molecule has 0 bridgehead atoms. The Labute approximate surface area is 119 Å². The first-order valence-corrected chi connectivity index (χ1v) is 7.01. The smallest absolute Gasteiger partial charge is 0.159 e. The van der Waals surface area contributed by atoms with E-state index in [4.69, 9.17) is 4.74 Å². The molecule has 2 heterocycles. The fourth-order valence-electron chi connectivity index (χ4n) is 2.46. The second kappa shape index (κ2) is 6.11. The van der Waals surface area contributed by atoms with E-state index in [1.807, 2.05) is 13.0 Å². The normalized spacial score (nSPS) is 18.9. The van der Waals surface area contributed by atoms with Crippen LogP contribution < -0.4 is 5.32 Å². The summed E-state index contributed by atoms with van der Waals surface area (Å²) >= 11 is 0. The quantitative estimate of drug-likeness (QED) is 0.925. The number of nitrogens with zero attached hydrogens (tertiary/aromatic N) is 2. The molecule has 1 aromatic heterocycles. The summed E-state index contributed by atoms with van der Waals surface area (Å²) in [5.74, 6) is 0.791. The van der Waals surface area contributed by atoms with Crippen LogP contribution in [0.1, 0.15) is 11.3 Å². The van der Waals surface area contributed by atoms with Crippen LogP contribution in [0.2, 0.25) is 0 Å². The van der Waals surface area contributed by atoms with E-state index in [-0.39, 0.29) is 0 Å². The van der Waals surface area contributed by atoms with E-state index >= 15 is 0 Å². The van der Waals surface area contributed by atoms with Gasteiger partial charge in [-0.3, -0.25) is 0 Å². The first-order chi connectivity index (χ1) is 9.81. The predicted molar refractivity (Wildman–Crippen MR) is 78.5 cm³/mol. The van der Waals surface area contributed by atoms with Crippen molar-refractivity contribution in [2.75, 3.05) is 19.8 Å². The number of hydrogen-bond acceptors (Lipinski definition) is 4. The second-order valence-corrected chi connectivity index (χ2v) is 5.15. The number of aryl methyl sites for hydroxylation is 1. The van der Waals surface area contributed by atoms with Crippen molar-refractivity contribution in [3.8, 4) is 11.4 Å². The molecule has 1 saturated heterocycles. The van der Waals surface area contributed by atoms with Crippen molar-refractivity contribution in [3.05, 3.63) is 47.8 Å². The molecule has 1 unspecified atom stereocenters. The van der Waals surface area contributed by atoms with E-state index in [2.05, 4.69) is 39.6 Å². The first-order valence-electron chi connectivity index (χ1n) is 7.01. The number of morpholine rings is 1. The fraction of sp³-hybridized carbons (Fsp3) is 0.375. The molecule has 4 heteroatoms. The van der Waals surface area contributed by atoms with Crippen molar-refractivity contribution in [3.63, 3.8) is 0 Å². The van der Waals surface area contributed by atoms with Crippen LogP contribution in [0.15, 0.2) is 36.5 Å². The Morgan fingerprint density at radius 2 is 2.30 bits per heavy atom. The number of rotatable bonds is 3. The lowest BCUT2D eigenvalue weighted by Crippen LogP contribution is -2.42. The highest BCUT2D eigenvalue weighted by molar-refractivity contribution is 5.56. The number of aromatic nitrogens is 2. The SMILES string of the molecule is Cc1ccnc(-c2cccc(CC3COCCN3)c2)n1. The van der Waals surface area contributed by atoms with Crippen molar-refractivity contribution in [2.24, 2.45) is 0 Å². The van der Waals surface area contributed by atoms with Gasteiger partial charge < -0.3 is 10.1 Å². The van der Waals surface area contributed by atoms with Crippen molar-refractivity contribution in [1.82, 2.24) is 15.3 Å². The number of nitrogens with one attached hydrogen (secondary N) is 1. The van der Waals surface area contributed by atoms with Gasteiger partial charge in [0.05, 0.1) is 13.2 Å². The molecule has 1 atom stereocenters. The molecule has 20 heavy (non-hydrogen) atoms. The lowest BCUT2D eigenvalue weighted by atomic mass is 10.0. The van der Waals surface area contributed by atoms with Crippen molar-refractivity contribution in [1.29, 1.82) is 0 Å². The molecular formula is C16H19N3O. The lowest BCUT2D eigenvalue weighted by molar-refractivity contribution is 0.0770. The van der Waals surface area contributed by atoms with Crippen molar-refractivity contribution in [2.45, 2.75) is 19.4 Å². The molecule has 1 aliphatic heterocycles. The zero-order valence-corrected chi connectivity index (χ0v) is 11.7. The summed E-state index contributed by atoms with van der Waals surface area (Å²) < 4.78 is 5.50. The highest BCUT2D eigenvalue weighted by atomic mass is 16.5. The zero-order chi connectivity index (χ0) is 13.8. The maximum absolute atomic E-state index is 5.50. The molecule has 0 amide bonds. The van der Waals surface area contributed by atoms with Crippen LogP contribution in [0, 0.1) is 6.92 Å². The van der Waals surface area contributed by atoms with E-state index in [1.54, 1.807) is 6.20 Å². The summed E-state index contributed by atoms with van der Waals surface area (Å²) in [5.41, 5.74) is 3.35. The Morgan fingerprint density at radius 1 is 1.35 bits per heavy atom. The van der Waals surface area contributed by atoms with Crippen LogP contribution in [-0.2, 0) is 11.2 Å². The monoisotopic (exact) mass is 269 g/mol. The van der Waals surface area contributed by atoms with Gasteiger partial charge in [-0.25, -0.2) is 9.97 Å². The van der Waals surface area contributed by atoms with Crippen molar-refractivity contribution < 1.29 is 4.74 Å². The molecule has 1 N–H and O–H groups in total. The third-order valence-corrected chi connectivity index (χ3v) is 3.46. The van der Waals surface area contributed by atoms with E-state index in [9.17, 15) is 0 Å². The third-order valence-electron chi connectivity index (χ3n) is 3.46. The van der Waals surface area contributed by atoms with E-state index in [0.29, 0.717) is 6.04 Å². The minimum absolute atomic E-state index is 0.400. The molecule has 0 radical (unpaired) electrons. The summed E-state index contributed by atoms with van der Waals surface area (Å²) in [6.07, 6.45) is 2.78. The largest absolute Gasteiger partial charge is 0.379 e. The minimum atomic E-state index is 0.400. The van der Waals surface area contributed by atoms with Crippen molar-refractivity contribution >= 4 is 0 Å². The average molecular weight is 269 g/mol. The molecule has 104 valence electrons. The highest BCUT2D eigenvalue weighted by Crippen LogP contribution is 2.17. The number of benzene rings is 1. The van der Waals surface area contributed by atoms with E-state index < -0.39 is 0 Å². The van der Waals surface area contributed by atoms with Gasteiger partial charge in [-0.05, 0) is 31.0 Å². The standard InChI is InChI=1S/C16H19N3O/c1-12-5-6-18-16(19-12)14-4-2-3-13(9-14)10-15-11-20-8-7-17-15/h2-6,9,15,17H,7-8,10-11H2,1H3. The maximum Gasteiger partial charge on any atom is 0.159 e. The average Bonchev–Trinajstić information content (AvgIpc) is 2.49. The molecule has 4 nitrogen and oxygen atoms in total. The van der Waals surface area contributed by atoms with E-state index in [0.717, 1.165) is 43.3 Å². The molecule has 0 spiro atoms. The Hall–Kier alpha value is -1.78. The Kier molecular flexibility index (Phi) is 4.04. The topological polar surface area (TPSA) is 47.0 Å². The maximum atomic E-state index is 5.50. The van der Waals surface area contributed by atoms with Crippen LogP contribution in [0.4, 0.5) is 0 Å². The lowest BCUT2D eigenvalue weighted by Gasteiger charge is -2.23. The number of hydrogen-bond donors (Lipinski definition) is 1. The number of ether oxygens (including phenoxy) is 1. The highest BCUT2D eigenvalue weighted by Gasteiger charge is 2.13. The van der Waals surface area contributed by atoms with Crippen LogP contribution in [-0.4, -0.2) is 35.8 Å². The molecule has 0 saturated carbocycles. The van der Waals surface area contributed by atoms with Gasteiger partial charge in [0, 0.05) is 30.0 Å². The Morgan fingerprint density at radius 3 is 3.10 bits per heavy atom. The van der Waals surface area contributed by atoms with Crippen LogP contribution >= 0.6 is 0 Å². The van der Waals surface area contributed by atoms with Gasteiger partial charge in [0.2, 0.25) is 0 Å². The fourth-order valence-corrected chi connectivity index (χ4v) is 2.46. The second-order valence-electron chi connectivity index (χ2n) is 5.15. The van der Waals surface area contributed by atoms with Gasteiger partial charge in [-0.1, -0.05) is 18.2 Å². The minimum Gasteiger partial charge on any atom is -0.379 e. The zero-order valence-electron chi connectivity index (χ0n) is 11.7. The van der Waals surface area contributed by atoms with Crippen LogP contribution in [0.25, 0.3) is 11.4 Å². The van der Waals surface area contributed by atoms with Crippen LogP contribution in [0.3, 0.4) is 0 Å². The molecule has 3 rings (SSSR count). The molecule has 1 aromatic carbocycles. The van der Waals surface area contributed by atoms with Gasteiger partial charge in [0.1, 0.15) is 0 Å². The predicted octanol–water partition coefficient (Wildman–Crippen LogP) is 1.98. The van der Waals surface area contributed by atoms with Gasteiger partial charge in [-0.15, -0.1) is 0 Å². The van der Waals surface area contributed by atoms with E-state index in [1.165, 1.54) is 5.56 Å². The van der Waals surface area contributed by atoms with Gasteiger partial charge in [0.15, 0.2) is 5.82 Å². The molecule has 1 aliphatic rings. The first kappa shape index (κ1) is 13.2. The molecule has 0 aliphatic carbocycles. The van der Waals surface area contributed by atoms with Gasteiger partial charge in [-0.2, -0.15) is 0 Å². The van der Waals surface area contributed by atoms with Gasteiger partial charge in [0.25, 0.3) is 0 Å². The Balaban J connectivity index is 1.78. The summed E-state index contributed by atoms with van der Waals surface area (Å²) in [5, 5.41) is 3.48. The summed E-state index contributed by atoms with van der Waals surface area (Å²) in [4.78, 5) is 8.83. The molecule has 1 fully saturated rings. The summed E-state index contributed by atoms with van der Waals surface area (Å²) in [6, 6.07) is 10.8. The molecular weight excluding hydrogens is 250 g/mol. The van der Waals surface area contributed by atoms with Crippen LogP contribution in [0.5, 0.6) is 0 Å². The third kappa shape index (κ3) is 3.21.